The zero-order valence-electron chi connectivity index (χ0n) is 15.6. The summed E-state index contributed by atoms with van der Waals surface area (Å²) in [6.07, 6.45) is 8.78. The van der Waals surface area contributed by atoms with Crippen molar-refractivity contribution in [1.29, 1.82) is 0 Å². The number of hydrogen-bond donors (Lipinski definition) is 1. The Labute approximate surface area is 149 Å². The Morgan fingerprint density at radius 1 is 1.16 bits per heavy atom. The molecule has 2 fully saturated rings. The molecule has 2 aromatic rings. The zero-order valence-corrected chi connectivity index (χ0v) is 15.6. The molecule has 0 radical (unpaired) electrons. The maximum atomic E-state index is 4.79. The Bertz CT molecular complexity index is 738. The Balaban J connectivity index is 1.55. The van der Waals surface area contributed by atoms with Crippen LogP contribution in [0.25, 0.3) is 11.4 Å². The van der Waals surface area contributed by atoms with Crippen molar-refractivity contribution in [2.45, 2.75) is 70.6 Å². The van der Waals surface area contributed by atoms with E-state index in [1.54, 1.807) is 0 Å². The monoisotopic (exact) mass is 340 g/mol. The topological polar surface area (TPSA) is 58.9 Å². The van der Waals surface area contributed by atoms with Gasteiger partial charge in [0.05, 0.1) is 17.6 Å². The van der Waals surface area contributed by atoms with Gasteiger partial charge in [0.2, 0.25) is 5.95 Å². The average Bonchev–Trinajstić information content (AvgIpc) is 3.04. The minimum atomic E-state index is 0.355. The van der Waals surface area contributed by atoms with Crippen molar-refractivity contribution in [3.05, 3.63) is 24.3 Å². The van der Waals surface area contributed by atoms with Crippen molar-refractivity contribution in [2.75, 3.05) is 12.4 Å². The Morgan fingerprint density at radius 3 is 2.56 bits per heavy atom. The molecular formula is C19H28N6. The fourth-order valence-electron chi connectivity index (χ4n) is 4.58. The molecule has 0 aromatic carbocycles. The molecule has 2 aliphatic heterocycles. The number of aromatic nitrogens is 4. The number of anilines is 1. The quantitative estimate of drug-likeness (QED) is 0.926. The van der Waals surface area contributed by atoms with Gasteiger partial charge in [-0.2, -0.15) is 0 Å². The summed E-state index contributed by atoms with van der Waals surface area (Å²) >= 11 is 0. The number of imidazole rings is 1. The summed E-state index contributed by atoms with van der Waals surface area (Å²) in [6.45, 7) is 6.39. The van der Waals surface area contributed by atoms with E-state index in [0.717, 1.165) is 23.2 Å². The van der Waals surface area contributed by atoms with Gasteiger partial charge in [0, 0.05) is 30.4 Å². The van der Waals surface area contributed by atoms with Crippen LogP contribution in [0.1, 0.15) is 51.4 Å². The largest absolute Gasteiger partial charge is 0.351 e. The number of hydrogen-bond acceptors (Lipinski definition) is 5. The van der Waals surface area contributed by atoms with Crippen LogP contribution in [0.3, 0.4) is 0 Å². The lowest BCUT2D eigenvalue weighted by atomic mass is 9.98. The molecule has 4 rings (SSSR count). The maximum Gasteiger partial charge on any atom is 0.223 e. The highest BCUT2D eigenvalue weighted by Gasteiger charge is 2.38. The zero-order chi connectivity index (χ0) is 17.6. The van der Waals surface area contributed by atoms with Crippen molar-refractivity contribution < 1.29 is 0 Å². The van der Waals surface area contributed by atoms with Crippen LogP contribution < -0.4 is 5.32 Å². The van der Waals surface area contributed by atoms with Crippen LogP contribution in [-0.2, 0) is 0 Å². The van der Waals surface area contributed by atoms with E-state index in [1.165, 1.54) is 25.7 Å². The molecule has 1 N–H and O–H groups in total. The minimum Gasteiger partial charge on any atom is -0.351 e. The van der Waals surface area contributed by atoms with Crippen LogP contribution in [-0.4, -0.2) is 49.6 Å². The summed E-state index contributed by atoms with van der Waals surface area (Å²) in [7, 11) is 2.27. The highest BCUT2D eigenvalue weighted by Crippen LogP contribution is 2.35. The molecule has 134 valence electrons. The molecule has 0 saturated carbocycles. The Kier molecular flexibility index (Phi) is 4.23. The lowest BCUT2D eigenvalue weighted by Gasteiger charge is -2.36. The summed E-state index contributed by atoms with van der Waals surface area (Å²) in [4.78, 5) is 16.3. The molecule has 2 bridgehead atoms. The standard InChI is InChI=1S/C19H28N6/c1-12(2)25-13(3)21-11-18(25)17-7-8-20-19(23-17)22-14-9-15-5-6-16(10-14)24(15)4/h7-8,11-12,14-16H,5-6,9-10H2,1-4H3,(H,20,22,23)/t14-,15+,16-. The highest BCUT2D eigenvalue weighted by atomic mass is 15.2. The van der Waals surface area contributed by atoms with Crippen molar-refractivity contribution in [2.24, 2.45) is 0 Å². The predicted molar refractivity (Wildman–Crippen MR) is 99.6 cm³/mol. The molecule has 0 spiro atoms. The normalized spacial score (nSPS) is 26.4. The molecule has 2 aliphatic rings. The average molecular weight is 340 g/mol. The van der Waals surface area contributed by atoms with Crippen molar-refractivity contribution >= 4 is 5.95 Å². The second-order valence-corrected chi connectivity index (χ2v) is 7.78. The predicted octanol–water partition coefficient (Wildman–Crippen LogP) is 3.27. The van der Waals surface area contributed by atoms with E-state index in [-0.39, 0.29) is 0 Å². The van der Waals surface area contributed by atoms with Crippen LogP contribution in [0.2, 0.25) is 0 Å². The molecule has 0 unspecified atom stereocenters. The van der Waals surface area contributed by atoms with Gasteiger partial charge in [-0.1, -0.05) is 0 Å². The summed E-state index contributed by atoms with van der Waals surface area (Å²) in [5.74, 6) is 1.76. The smallest absolute Gasteiger partial charge is 0.223 e. The molecule has 2 saturated heterocycles. The van der Waals surface area contributed by atoms with Gasteiger partial charge in [-0.25, -0.2) is 15.0 Å². The second-order valence-electron chi connectivity index (χ2n) is 7.78. The third-order valence-corrected chi connectivity index (χ3v) is 5.85. The van der Waals surface area contributed by atoms with E-state index in [9.17, 15) is 0 Å². The summed E-state index contributed by atoms with van der Waals surface area (Å²) in [5, 5.41) is 3.59. The van der Waals surface area contributed by atoms with Gasteiger partial charge in [0.15, 0.2) is 0 Å². The lowest BCUT2D eigenvalue weighted by molar-refractivity contribution is 0.168. The van der Waals surface area contributed by atoms with Crippen molar-refractivity contribution in [1.82, 2.24) is 24.4 Å². The van der Waals surface area contributed by atoms with Gasteiger partial charge in [-0.3, -0.25) is 0 Å². The maximum absolute atomic E-state index is 4.79. The third-order valence-electron chi connectivity index (χ3n) is 5.85. The first-order chi connectivity index (χ1) is 12.0. The summed E-state index contributed by atoms with van der Waals surface area (Å²) < 4.78 is 2.22. The van der Waals surface area contributed by atoms with E-state index in [1.807, 2.05) is 25.4 Å². The van der Waals surface area contributed by atoms with Gasteiger partial charge >= 0.3 is 0 Å². The highest BCUT2D eigenvalue weighted by molar-refractivity contribution is 5.56. The van der Waals surface area contributed by atoms with Crippen molar-refractivity contribution in [3.63, 3.8) is 0 Å². The van der Waals surface area contributed by atoms with Gasteiger partial charge in [-0.15, -0.1) is 0 Å². The lowest BCUT2D eigenvalue weighted by Crippen LogP contribution is -2.44. The number of nitrogens with zero attached hydrogens (tertiary/aromatic N) is 5. The van der Waals surface area contributed by atoms with Gasteiger partial charge < -0.3 is 14.8 Å². The van der Waals surface area contributed by atoms with E-state index in [2.05, 4.69) is 45.6 Å². The number of aryl methyl sites for hydroxylation is 1. The first-order valence-electron chi connectivity index (χ1n) is 9.38. The molecular weight excluding hydrogens is 312 g/mol. The first kappa shape index (κ1) is 16.5. The fraction of sp³-hybridized carbons (Fsp3) is 0.632. The second kappa shape index (κ2) is 6.41. The van der Waals surface area contributed by atoms with E-state index >= 15 is 0 Å². The van der Waals surface area contributed by atoms with Gasteiger partial charge in [0.1, 0.15) is 5.82 Å². The molecule has 0 amide bonds. The van der Waals surface area contributed by atoms with Crippen LogP contribution in [0.4, 0.5) is 5.95 Å². The minimum absolute atomic E-state index is 0.355. The van der Waals surface area contributed by atoms with Crippen LogP contribution >= 0.6 is 0 Å². The van der Waals surface area contributed by atoms with Crippen LogP contribution in [0.15, 0.2) is 18.5 Å². The molecule has 25 heavy (non-hydrogen) atoms. The Hall–Kier alpha value is -1.95. The van der Waals surface area contributed by atoms with Gasteiger partial charge in [-0.05, 0) is 59.6 Å². The van der Waals surface area contributed by atoms with Crippen LogP contribution in [0, 0.1) is 6.92 Å². The number of rotatable bonds is 4. The molecule has 0 aliphatic carbocycles. The SMILES string of the molecule is Cc1ncc(-c2ccnc(N[C@H]3C[C@H]4CC[C@@H](C3)N4C)n2)n1C(C)C. The molecule has 2 aromatic heterocycles. The van der Waals surface area contributed by atoms with Crippen molar-refractivity contribution in [3.8, 4) is 11.4 Å². The first-order valence-corrected chi connectivity index (χ1v) is 9.38. The van der Waals surface area contributed by atoms with Gasteiger partial charge in [0.25, 0.3) is 0 Å². The Morgan fingerprint density at radius 2 is 1.88 bits per heavy atom. The summed E-state index contributed by atoms with van der Waals surface area (Å²) in [5.41, 5.74) is 1.99. The number of piperidine rings is 1. The van der Waals surface area contributed by atoms with E-state index in [0.29, 0.717) is 24.2 Å². The van der Waals surface area contributed by atoms with E-state index < -0.39 is 0 Å². The summed E-state index contributed by atoms with van der Waals surface area (Å²) in [6, 6.07) is 4.22. The fourth-order valence-corrected chi connectivity index (χ4v) is 4.58. The molecule has 4 heterocycles. The van der Waals surface area contributed by atoms with E-state index in [4.69, 9.17) is 4.98 Å². The molecule has 6 nitrogen and oxygen atoms in total. The van der Waals surface area contributed by atoms with Crippen LogP contribution in [0.5, 0.6) is 0 Å². The number of nitrogens with one attached hydrogen (secondary N) is 1. The molecule has 6 heteroatoms. The number of fused-ring (bicyclic) bond motifs is 2. The third kappa shape index (κ3) is 3.03. The molecule has 3 atom stereocenters.